The average Bonchev–Trinajstić information content (AvgIpc) is 3.28. The highest BCUT2D eigenvalue weighted by molar-refractivity contribution is 5.81. The van der Waals surface area contributed by atoms with E-state index in [2.05, 4.69) is 14.9 Å². The molecule has 3 aromatic carbocycles. The molecule has 11 nitrogen and oxygen atoms in total. The summed E-state index contributed by atoms with van der Waals surface area (Å²) in [6, 6.07) is 18.1. The van der Waals surface area contributed by atoms with E-state index in [0.717, 1.165) is 22.7 Å². The van der Waals surface area contributed by atoms with Crippen molar-refractivity contribution in [1.82, 2.24) is 19.3 Å². The number of nitro benzene ring substituents is 1. The number of nitrogens with zero attached hydrogens (tertiary/aromatic N) is 6. The molecule has 1 saturated heterocycles. The number of fused-ring (bicyclic) bond motifs is 2. The van der Waals surface area contributed by atoms with E-state index in [1.165, 1.54) is 24.3 Å². The minimum Gasteiger partial charge on any atom is -0.422 e. The van der Waals surface area contributed by atoms with Crippen molar-refractivity contribution in [1.29, 1.82) is 0 Å². The number of halogens is 1. The molecule has 2 aromatic heterocycles. The molecule has 1 fully saturated rings. The standard InChI is InChI=1S/C27H24FN7O4/c28-18-7-5-17(6-8-18)16-33-24-4-2-1-3-23(24)30-26(33)29-19-11-13-32(14-12-19)27-31-22-10-9-20(35(38)39)15-21(22)25(36)34(27)37/h1-10,15,19,37H,11-14,16H2,(H,29,30). The fraction of sp³-hybridized carbons (Fsp3) is 0.222. The summed E-state index contributed by atoms with van der Waals surface area (Å²) < 4.78 is 16.0. The van der Waals surface area contributed by atoms with Crippen LogP contribution in [0.4, 0.5) is 22.0 Å². The Labute approximate surface area is 220 Å². The van der Waals surface area contributed by atoms with Gasteiger partial charge in [-0.15, -0.1) is 4.73 Å². The largest absolute Gasteiger partial charge is 0.422 e. The molecule has 0 spiro atoms. The first-order valence-corrected chi connectivity index (χ1v) is 12.5. The van der Waals surface area contributed by atoms with Gasteiger partial charge < -0.3 is 20.0 Å². The van der Waals surface area contributed by atoms with Crippen molar-refractivity contribution in [3.8, 4) is 0 Å². The predicted molar refractivity (Wildman–Crippen MR) is 144 cm³/mol. The molecule has 0 amide bonds. The molecule has 1 aliphatic rings. The number of non-ortho nitro benzene ring substituents is 1. The van der Waals surface area contributed by atoms with Crippen molar-refractivity contribution in [2.45, 2.75) is 25.4 Å². The molecule has 0 radical (unpaired) electrons. The van der Waals surface area contributed by atoms with Gasteiger partial charge in [0, 0.05) is 31.3 Å². The Morgan fingerprint density at radius 1 is 1.03 bits per heavy atom. The normalized spacial score (nSPS) is 14.2. The van der Waals surface area contributed by atoms with Crippen LogP contribution in [0.3, 0.4) is 0 Å². The summed E-state index contributed by atoms with van der Waals surface area (Å²) in [5, 5.41) is 25.1. The molecule has 5 aromatic rings. The monoisotopic (exact) mass is 529 g/mol. The molecule has 0 bridgehead atoms. The summed E-state index contributed by atoms with van der Waals surface area (Å²) in [6.07, 6.45) is 1.38. The summed E-state index contributed by atoms with van der Waals surface area (Å²) in [4.78, 5) is 34.3. The lowest BCUT2D eigenvalue weighted by molar-refractivity contribution is -0.384. The van der Waals surface area contributed by atoms with Crippen LogP contribution in [-0.4, -0.2) is 48.5 Å². The molecule has 12 heteroatoms. The van der Waals surface area contributed by atoms with E-state index in [9.17, 15) is 24.5 Å². The van der Waals surface area contributed by atoms with Gasteiger partial charge in [-0.2, -0.15) is 0 Å². The highest BCUT2D eigenvalue weighted by Crippen LogP contribution is 2.26. The van der Waals surface area contributed by atoms with E-state index in [1.807, 2.05) is 29.2 Å². The zero-order chi connectivity index (χ0) is 27.1. The van der Waals surface area contributed by atoms with Crippen molar-refractivity contribution in [2.75, 3.05) is 23.3 Å². The van der Waals surface area contributed by atoms with Gasteiger partial charge in [-0.1, -0.05) is 24.3 Å². The SMILES string of the molecule is O=c1c2cc([N+](=O)[O-])ccc2nc(N2CCC(Nc3nc4ccccc4n3Cc3ccc(F)cc3)CC2)n1O. The second-order valence-corrected chi connectivity index (χ2v) is 9.53. The van der Waals surface area contributed by atoms with Gasteiger partial charge in [-0.25, -0.2) is 14.4 Å². The maximum Gasteiger partial charge on any atom is 0.295 e. The predicted octanol–water partition coefficient (Wildman–Crippen LogP) is 4.16. The topological polar surface area (TPSA) is 131 Å². The smallest absolute Gasteiger partial charge is 0.295 e. The Kier molecular flexibility index (Phi) is 6.06. The highest BCUT2D eigenvalue weighted by atomic mass is 19.1. The van der Waals surface area contributed by atoms with E-state index in [4.69, 9.17) is 4.98 Å². The number of nitro groups is 1. The fourth-order valence-electron chi connectivity index (χ4n) is 5.00. The molecule has 198 valence electrons. The van der Waals surface area contributed by atoms with Crippen molar-refractivity contribution in [3.63, 3.8) is 0 Å². The number of hydrogen-bond donors (Lipinski definition) is 2. The number of aromatic nitrogens is 4. The molecule has 0 saturated carbocycles. The van der Waals surface area contributed by atoms with Crippen LogP contribution in [-0.2, 0) is 6.54 Å². The van der Waals surface area contributed by atoms with Gasteiger partial charge in [0.1, 0.15) is 5.82 Å². The summed E-state index contributed by atoms with van der Waals surface area (Å²) in [5.41, 5.74) is 2.04. The fourth-order valence-corrected chi connectivity index (χ4v) is 5.00. The summed E-state index contributed by atoms with van der Waals surface area (Å²) in [5.74, 6) is 0.529. The van der Waals surface area contributed by atoms with Crippen molar-refractivity contribution >= 4 is 39.5 Å². The molecule has 6 rings (SSSR count). The summed E-state index contributed by atoms with van der Waals surface area (Å²) in [7, 11) is 0. The van der Waals surface area contributed by atoms with Gasteiger partial charge in [0.15, 0.2) is 0 Å². The minimum absolute atomic E-state index is 0.0212. The van der Waals surface area contributed by atoms with Gasteiger partial charge in [0.2, 0.25) is 11.9 Å². The number of anilines is 2. The van der Waals surface area contributed by atoms with E-state index < -0.39 is 10.5 Å². The molecule has 0 unspecified atom stereocenters. The molecule has 39 heavy (non-hydrogen) atoms. The lowest BCUT2D eigenvalue weighted by Crippen LogP contribution is -2.42. The Morgan fingerprint density at radius 2 is 1.77 bits per heavy atom. The zero-order valence-electron chi connectivity index (χ0n) is 20.7. The third kappa shape index (κ3) is 4.60. The van der Waals surface area contributed by atoms with Crippen molar-refractivity contribution < 1.29 is 14.5 Å². The first-order valence-electron chi connectivity index (χ1n) is 12.5. The molecule has 3 heterocycles. The quantitative estimate of drug-likeness (QED) is 0.190. The molecule has 0 atom stereocenters. The third-order valence-electron chi connectivity index (χ3n) is 7.04. The maximum absolute atomic E-state index is 13.4. The van der Waals surface area contributed by atoms with E-state index in [-0.39, 0.29) is 34.4 Å². The number of hydrogen-bond acceptors (Lipinski definition) is 8. The first kappa shape index (κ1) is 24.3. The number of nitrogens with one attached hydrogen (secondary N) is 1. The highest BCUT2D eigenvalue weighted by Gasteiger charge is 2.25. The average molecular weight is 530 g/mol. The lowest BCUT2D eigenvalue weighted by atomic mass is 10.1. The first-order chi connectivity index (χ1) is 18.9. The van der Waals surface area contributed by atoms with E-state index in [1.54, 1.807) is 12.1 Å². The Balaban J connectivity index is 1.21. The van der Waals surface area contributed by atoms with Crippen LogP contribution < -0.4 is 15.8 Å². The molecular formula is C27H24FN7O4. The third-order valence-corrected chi connectivity index (χ3v) is 7.04. The van der Waals surface area contributed by atoms with E-state index >= 15 is 0 Å². The van der Waals surface area contributed by atoms with Gasteiger partial charge in [0.25, 0.3) is 11.2 Å². The number of rotatable bonds is 6. The van der Waals surface area contributed by atoms with Crippen LogP contribution >= 0.6 is 0 Å². The molecule has 0 aliphatic carbocycles. The Morgan fingerprint density at radius 3 is 2.51 bits per heavy atom. The number of imidazole rings is 1. The zero-order valence-corrected chi connectivity index (χ0v) is 20.7. The van der Waals surface area contributed by atoms with Crippen LogP contribution in [0.15, 0.2) is 71.5 Å². The van der Waals surface area contributed by atoms with Crippen LogP contribution in [0.2, 0.25) is 0 Å². The van der Waals surface area contributed by atoms with Crippen molar-refractivity contribution in [3.05, 3.63) is 98.6 Å². The molecule has 2 N–H and O–H groups in total. The second kappa shape index (κ2) is 9.71. The van der Waals surface area contributed by atoms with Crippen molar-refractivity contribution in [2.24, 2.45) is 0 Å². The molecular weight excluding hydrogens is 505 g/mol. The van der Waals surface area contributed by atoms with Gasteiger partial charge in [-0.3, -0.25) is 14.9 Å². The van der Waals surface area contributed by atoms with Gasteiger partial charge in [0.05, 0.1) is 33.4 Å². The van der Waals surface area contributed by atoms with Crippen LogP contribution in [0.25, 0.3) is 21.9 Å². The Hall–Kier alpha value is -5.00. The van der Waals surface area contributed by atoms with Gasteiger partial charge in [-0.05, 0) is 48.7 Å². The summed E-state index contributed by atoms with van der Waals surface area (Å²) >= 11 is 0. The van der Waals surface area contributed by atoms with E-state index in [0.29, 0.717) is 43.2 Å². The number of benzene rings is 3. The van der Waals surface area contributed by atoms with Gasteiger partial charge >= 0.3 is 0 Å². The number of para-hydroxylation sites is 2. The number of piperidine rings is 1. The second-order valence-electron chi connectivity index (χ2n) is 9.53. The van der Waals surface area contributed by atoms with Crippen LogP contribution in [0.5, 0.6) is 0 Å². The molecule has 1 aliphatic heterocycles. The maximum atomic E-state index is 13.4. The minimum atomic E-state index is -0.756. The lowest BCUT2D eigenvalue weighted by Gasteiger charge is -2.33. The van der Waals surface area contributed by atoms with Crippen LogP contribution in [0, 0.1) is 15.9 Å². The Bertz CT molecular complexity index is 1760. The summed E-state index contributed by atoms with van der Waals surface area (Å²) in [6.45, 7) is 1.56. The van der Waals surface area contributed by atoms with Crippen LogP contribution in [0.1, 0.15) is 18.4 Å².